The Kier molecular flexibility index (Phi) is 7.76. The lowest BCUT2D eigenvalue weighted by Crippen LogP contribution is -2.50. The number of aryl methyl sites for hydroxylation is 1. The number of carbonyl (C=O) groups is 1. The van der Waals surface area contributed by atoms with Crippen molar-refractivity contribution in [3.05, 3.63) is 71.3 Å². The number of hydrogen-bond donors (Lipinski definition) is 1. The summed E-state index contributed by atoms with van der Waals surface area (Å²) in [6.07, 6.45) is 5.75. The Morgan fingerprint density at radius 3 is 2.48 bits per heavy atom. The molecule has 0 aromatic heterocycles. The summed E-state index contributed by atoms with van der Waals surface area (Å²) < 4.78 is 0. The zero-order valence-electron chi connectivity index (χ0n) is 18.9. The summed E-state index contributed by atoms with van der Waals surface area (Å²) in [6, 6.07) is 19.7. The summed E-state index contributed by atoms with van der Waals surface area (Å²) in [6.45, 7) is 8.33. The fourth-order valence-corrected chi connectivity index (χ4v) is 5.13. The molecule has 1 unspecified atom stereocenters. The third-order valence-electron chi connectivity index (χ3n) is 7.17. The first-order chi connectivity index (χ1) is 15.2. The second-order valence-electron chi connectivity index (χ2n) is 9.29. The number of amides is 1. The Hall–Kier alpha value is -2.17. The zero-order chi connectivity index (χ0) is 21.5. The molecule has 0 saturated carbocycles. The molecule has 4 heteroatoms. The lowest BCUT2D eigenvalue weighted by molar-refractivity contribution is -0.127. The van der Waals surface area contributed by atoms with Gasteiger partial charge in [0.1, 0.15) is 0 Å². The van der Waals surface area contributed by atoms with Crippen LogP contribution in [0.15, 0.2) is 54.6 Å². The molecule has 31 heavy (non-hydrogen) atoms. The Balaban J connectivity index is 1.21. The van der Waals surface area contributed by atoms with Crippen molar-refractivity contribution in [1.29, 1.82) is 0 Å². The van der Waals surface area contributed by atoms with E-state index in [1.165, 1.54) is 42.6 Å². The second kappa shape index (κ2) is 10.9. The van der Waals surface area contributed by atoms with Crippen molar-refractivity contribution in [3.8, 4) is 0 Å². The number of benzene rings is 2. The van der Waals surface area contributed by atoms with Gasteiger partial charge in [-0.05, 0) is 75.4 Å². The lowest BCUT2D eigenvalue weighted by Gasteiger charge is -2.42. The van der Waals surface area contributed by atoms with Gasteiger partial charge in [0.25, 0.3) is 0 Å². The fourth-order valence-electron chi connectivity index (χ4n) is 5.13. The maximum Gasteiger partial charge on any atom is 0.224 e. The molecule has 4 nitrogen and oxygen atoms in total. The molecule has 0 aliphatic carbocycles. The normalized spacial score (nSPS) is 21.1. The van der Waals surface area contributed by atoms with Crippen molar-refractivity contribution in [2.45, 2.75) is 51.6 Å². The standard InChI is InChI=1S/C27H37N3O/c1-22-8-5-6-11-24(22)20-28-27(31)25-12-7-16-30(21-25)26-14-18-29(19-15-26)17-13-23-9-3-2-4-10-23/h2-6,8-11,25-26H,7,12-21H2,1H3,(H,28,31). The predicted octanol–water partition coefficient (Wildman–Crippen LogP) is 4.03. The van der Waals surface area contributed by atoms with Gasteiger partial charge in [0, 0.05) is 25.7 Å². The van der Waals surface area contributed by atoms with Gasteiger partial charge in [0.2, 0.25) is 5.91 Å². The summed E-state index contributed by atoms with van der Waals surface area (Å²) in [5.74, 6) is 0.363. The van der Waals surface area contributed by atoms with E-state index in [0.29, 0.717) is 12.6 Å². The van der Waals surface area contributed by atoms with Crippen LogP contribution in [0, 0.1) is 12.8 Å². The molecule has 1 N–H and O–H groups in total. The van der Waals surface area contributed by atoms with Crippen LogP contribution in [0.5, 0.6) is 0 Å². The SMILES string of the molecule is Cc1ccccc1CNC(=O)C1CCCN(C2CCN(CCc3ccccc3)CC2)C1. The van der Waals surface area contributed by atoms with Crippen molar-refractivity contribution >= 4 is 5.91 Å². The molecule has 2 aromatic carbocycles. The van der Waals surface area contributed by atoms with Gasteiger partial charge in [-0.2, -0.15) is 0 Å². The molecule has 1 atom stereocenters. The molecule has 2 aromatic rings. The van der Waals surface area contributed by atoms with Gasteiger partial charge in [-0.1, -0.05) is 54.6 Å². The minimum Gasteiger partial charge on any atom is -0.352 e. The third-order valence-corrected chi connectivity index (χ3v) is 7.17. The van der Waals surface area contributed by atoms with Crippen molar-refractivity contribution in [1.82, 2.24) is 15.1 Å². The first kappa shape index (κ1) is 22.0. The van der Waals surface area contributed by atoms with Crippen molar-refractivity contribution in [2.24, 2.45) is 5.92 Å². The van der Waals surface area contributed by atoms with Gasteiger partial charge < -0.3 is 10.2 Å². The Morgan fingerprint density at radius 1 is 0.968 bits per heavy atom. The van der Waals surface area contributed by atoms with Gasteiger partial charge in [-0.25, -0.2) is 0 Å². The van der Waals surface area contributed by atoms with Crippen LogP contribution in [-0.2, 0) is 17.8 Å². The number of piperidine rings is 2. The largest absolute Gasteiger partial charge is 0.352 e. The molecule has 1 amide bonds. The maximum atomic E-state index is 12.8. The van der Waals surface area contributed by atoms with Gasteiger partial charge >= 0.3 is 0 Å². The number of carbonyl (C=O) groups excluding carboxylic acids is 1. The monoisotopic (exact) mass is 419 g/mol. The average Bonchev–Trinajstić information content (AvgIpc) is 2.83. The minimum atomic E-state index is 0.133. The maximum absolute atomic E-state index is 12.8. The minimum absolute atomic E-state index is 0.133. The van der Waals surface area contributed by atoms with E-state index in [1.807, 2.05) is 12.1 Å². The smallest absolute Gasteiger partial charge is 0.224 e. The van der Waals surface area contributed by atoms with Crippen LogP contribution in [-0.4, -0.2) is 54.5 Å². The van der Waals surface area contributed by atoms with E-state index in [2.05, 4.69) is 64.5 Å². The first-order valence-corrected chi connectivity index (χ1v) is 12.0. The van der Waals surface area contributed by atoms with E-state index in [-0.39, 0.29) is 11.8 Å². The van der Waals surface area contributed by atoms with Crippen molar-refractivity contribution in [2.75, 3.05) is 32.7 Å². The molecule has 2 fully saturated rings. The van der Waals surface area contributed by atoms with Gasteiger partial charge in [0.15, 0.2) is 0 Å². The second-order valence-corrected chi connectivity index (χ2v) is 9.29. The summed E-state index contributed by atoms with van der Waals surface area (Å²) in [5.41, 5.74) is 3.89. The van der Waals surface area contributed by atoms with Crippen LogP contribution in [0.2, 0.25) is 0 Å². The van der Waals surface area contributed by atoms with Crippen LogP contribution in [0.25, 0.3) is 0 Å². The molecule has 166 valence electrons. The zero-order valence-corrected chi connectivity index (χ0v) is 18.9. The van der Waals surface area contributed by atoms with E-state index in [1.54, 1.807) is 0 Å². The molecule has 0 spiro atoms. The molecule has 4 rings (SSSR count). The average molecular weight is 420 g/mol. The molecule has 0 bridgehead atoms. The van der Waals surface area contributed by atoms with E-state index in [4.69, 9.17) is 0 Å². The van der Waals surface area contributed by atoms with Crippen molar-refractivity contribution < 1.29 is 4.79 Å². The van der Waals surface area contributed by atoms with E-state index < -0.39 is 0 Å². The van der Waals surface area contributed by atoms with Crippen LogP contribution in [0.1, 0.15) is 42.4 Å². The van der Waals surface area contributed by atoms with Gasteiger partial charge in [-0.15, -0.1) is 0 Å². The Morgan fingerprint density at radius 2 is 1.71 bits per heavy atom. The third kappa shape index (κ3) is 6.18. The van der Waals surface area contributed by atoms with Crippen molar-refractivity contribution in [3.63, 3.8) is 0 Å². The van der Waals surface area contributed by atoms with Gasteiger partial charge in [0.05, 0.1) is 5.92 Å². The molecule has 2 aliphatic rings. The van der Waals surface area contributed by atoms with Gasteiger partial charge in [-0.3, -0.25) is 9.69 Å². The molecule has 2 heterocycles. The summed E-state index contributed by atoms with van der Waals surface area (Å²) >= 11 is 0. The summed E-state index contributed by atoms with van der Waals surface area (Å²) in [7, 11) is 0. The number of nitrogens with one attached hydrogen (secondary N) is 1. The quantitative estimate of drug-likeness (QED) is 0.736. The van der Waals surface area contributed by atoms with Crippen LogP contribution in [0.3, 0.4) is 0 Å². The molecule has 2 aliphatic heterocycles. The summed E-state index contributed by atoms with van der Waals surface area (Å²) in [5, 5.41) is 3.20. The highest BCUT2D eigenvalue weighted by atomic mass is 16.1. The highest BCUT2D eigenvalue weighted by molar-refractivity contribution is 5.79. The van der Waals surface area contributed by atoms with Crippen LogP contribution >= 0.6 is 0 Å². The van der Waals surface area contributed by atoms with Crippen LogP contribution in [0.4, 0.5) is 0 Å². The molecular formula is C27H37N3O. The Bertz CT molecular complexity index is 829. The van der Waals surface area contributed by atoms with E-state index in [9.17, 15) is 4.79 Å². The molecule has 2 saturated heterocycles. The Labute approximate surface area is 187 Å². The number of nitrogens with zero attached hydrogens (tertiary/aromatic N) is 2. The highest BCUT2D eigenvalue weighted by Crippen LogP contribution is 2.24. The summed E-state index contributed by atoms with van der Waals surface area (Å²) in [4.78, 5) is 18.1. The first-order valence-electron chi connectivity index (χ1n) is 12.0. The fraction of sp³-hybridized carbons (Fsp3) is 0.519. The van der Waals surface area contributed by atoms with Crippen LogP contribution < -0.4 is 5.32 Å². The predicted molar refractivity (Wildman–Crippen MR) is 127 cm³/mol. The molecular weight excluding hydrogens is 382 g/mol. The van der Waals surface area contributed by atoms with E-state index in [0.717, 1.165) is 38.9 Å². The molecule has 0 radical (unpaired) electrons. The number of likely N-dealkylation sites (tertiary alicyclic amines) is 2. The van der Waals surface area contributed by atoms with E-state index >= 15 is 0 Å². The number of hydrogen-bond acceptors (Lipinski definition) is 3. The number of rotatable bonds is 7. The highest BCUT2D eigenvalue weighted by Gasteiger charge is 2.31. The lowest BCUT2D eigenvalue weighted by atomic mass is 9.93. The topological polar surface area (TPSA) is 35.6 Å².